The minimum atomic E-state index is -0.563. The Bertz CT molecular complexity index is 606. The maximum atomic E-state index is 11.3. The van der Waals surface area contributed by atoms with E-state index in [1.807, 2.05) is 24.3 Å². The Kier molecular flexibility index (Phi) is 2.70. The lowest BCUT2D eigenvalue weighted by Crippen LogP contribution is -2.07. The van der Waals surface area contributed by atoms with Crippen LogP contribution >= 0.6 is 0 Å². The van der Waals surface area contributed by atoms with Crippen molar-refractivity contribution < 1.29 is 9.53 Å². The number of anilines is 2. The van der Waals surface area contributed by atoms with Gasteiger partial charge in [-0.15, -0.1) is 0 Å². The monoisotopic (exact) mass is 228 g/mol. The third-order valence-electron chi connectivity index (χ3n) is 2.44. The topological polar surface area (TPSA) is 78.3 Å². The average molecular weight is 228 g/mol. The van der Waals surface area contributed by atoms with E-state index in [1.165, 1.54) is 0 Å². The Morgan fingerprint density at radius 1 is 1.29 bits per heavy atom. The van der Waals surface area contributed by atoms with Crippen molar-refractivity contribution >= 4 is 28.1 Å². The zero-order valence-corrected chi connectivity index (χ0v) is 9.14. The molecule has 0 aliphatic heterocycles. The first-order valence-corrected chi connectivity index (χ1v) is 5.04. The molecule has 0 radical (unpaired) electrons. The third kappa shape index (κ3) is 1.92. The van der Waals surface area contributed by atoms with Gasteiger partial charge >= 0.3 is 5.97 Å². The van der Waals surface area contributed by atoms with Gasteiger partial charge in [0.2, 0.25) is 0 Å². The fourth-order valence-electron chi connectivity index (χ4n) is 1.60. The number of nitrogen functional groups attached to an aromatic ring is 2. The normalized spacial score (nSPS) is 10.1. The highest BCUT2D eigenvalue weighted by Crippen LogP contribution is 2.36. The fourth-order valence-corrected chi connectivity index (χ4v) is 1.60. The van der Waals surface area contributed by atoms with Crippen LogP contribution in [0.2, 0.25) is 0 Å². The van der Waals surface area contributed by atoms with Gasteiger partial charge in [0, 0.05) is 11.5 Å². The van der Waals surface area contributed by atoms with Crippen molar-refractivity contribution in [1.29, 1.82) is 0 Å². The Hall–Kier alpha value is -2.49. The Morgan fingerprint density at radius 3 is 2.71 bits per heavy atom. The van der Waals surface area contributed by atoms with Crippen LogP contribution in [-0.4, -0.2) is 5.97 Å². The summed E-state index contributed by atoms with van der Waals surface area (Å²) >= 11 is 0. The summed E-state index contributed by atoms with van der Waals surface area (Å²) in [5.41, 5.74) is 12.2. The van der Waals surface area contributed by atoms with E-state index in [0.717, 1.165) is 16.8 Å². The molecule has 2 rings (SSSR count). The van der Waals surface area contributed by atoms with Gasteiger partial charge in [-0.25, -0.2) is 4.79 Å². The average Bonchev–Trinajstić information content (AvgIpc) is 2.34. The van der Waals surface area contributed by atoms with E-state index in [2.05, 4.69) is 6.58 Å². The van der Waals surface area contributed by atoms with Crippen molar-refractivity contribution in [2.24, 2.45) is 0 Å². The maximum absolute atomic E-state index is 11.3. The standard InChI is InChI=1S/C13H12N2O2/c1-2-11(16)17-13-9-6-4-3-5-8(9)7-10(14)12(13)15/h2-7H,1,14-15H2. The predicted octanol–water partition coefficient (Wildman–Crippen LogP) is 2.10. The predicted molar refractivity (Wildman–Crippen MR) is 68.6 cm³/mol. The van der Waals surface area contributed by atoms with Crippen molar-refractivity contribution in [3.05, 3.63) is 43.0 Å². The summed E-state index contributed by atoms with van der Waals surface area (Å²) in [5, 5.41) is 1.61. The molecule has 0 spiro atoms. The van der Waals surface area contributed by atoms with E-state index in [1.54, 1.807) is 6.07 Å². The summed E-state index contributed by atoms with van der Waals surface area (Å²) in [5.74, 6) is -0.280. The highest BCUT2D eigenvalue weighted by atomic mass is 16.5. The van der Waals surface area contributed by atoms with Crippen LogP contribution < -0.4 is 16.2 Å². The number of rotatable bonds is 2. The van der Waals surface area contributed by atoms with Crippen LogP contribution in [-0.2, 0) is 4.79 Å². The lowest BCUT2D eigenvalue weighted by Gasteiger charge is -2.11. The molecule has 0 aliphatic rings. The van der Waals surface area contributed by atoms with E-state index in [4.69, 9.17) is 16.2 Å². The van der Waals surface area contributed by atoms with Crippen LogP contribution in [0.15, 0.2) is 43.0 Å². The van der Waals surface area contributed by atoms with Crippen molar-refractivity contribution in [1.82, 2.24) is 0 Å². The molecule has 4 heteroatoms. The largest absolute Gasteiger partial charge is 0.420 e. The van der Waals surface area contributed by atoms with Crippen LogP contribution in [0, 0.1) is 0 Å². The molecule has 4 nitrogen and oxygen atoms in total. The van der Waals surface area contributed by atoms with Gasteiger partial charge in [0.15, 0.2) is 5.75 Å². The van der Waals surface area contributed by atoms with Crippen LogP contribution in [0.25, 0.3) is 10.8 Å². The van der Waals surface area contributed by atoms with Crippen LogP contribution in [0.5, 0.6) is 5.75 Å². The Morgan fingerprint density at radius 2 is 2.00 bits per heavy atom. The van der Waals surface area contributed by atoms with Gasteiger partial charge in [0.1, 0.15) is 0 Å². The summed E-state index contributed by atoms with van der Waals surface area (Å²) in [7, 11) is 0. The highest BCUT2D eigenvalue weighted by Gasteiger charge is 2.12. The molecular weight excluding hydrogens is 216 g/mol. The first-order chi connectivity index (χ1) is 8.13. The second-order valence-electron chi connectivity index (χ2n) is 3.55. The first-order valence-electron chi connectivity index (χ1n) is 5.04. The van der Waals surface area contributed by atoms with Crippen molar-refractivity contribution in [3.8, 4) is 5.75 Å². The molecule has 2 aromatic rings. The molecular formula is C13H12N2O2. The number of esters is 1. The lowest BCUT2D eigenvalue weighted by atomic mass is 10.1. The molecule has 0 fully saturated rings. The van der Waals surface area contributed by atoms with E-state index in [0.29, 0.717) is 5.69 Å². The Balaban J connectivity index is 2.69. The molecule has 0 unspecified atom stereocenters. The molecule has 0 bridgehead atoms. The number of nitrogens with two attached hydrogens (primary N) is 2. The first kappa shape index (κ1) is 11.0. The van der Waals surface area contributed by atoms with E-state index in [9.17, 15) is 4.79 Å². The van der Waals surface area contributed by atoms with E-state index >= 15 is 0 Å². The molecule has 2 aromatic carbocycles. The molecule has 17 heavy (non-hydrogen) atoms. The van der Waals surface area contributed by atoms with E-state index < -0.39 is 5.97 Å². The summed E-state index contributed by atoms with van der Waals surface area (Å²) in [4.78, 5) is 11.3. The number of carbonyl (C=O) groups is 1. The molecule has 0 saturated carbocycles. The summed E-state index contributed by atoms with van der Waals surface area (Å²) in [6.07, 6.45) is 1.08. The zero-order valence-electron chi connectivity index (χ0n) is 9.14. The molecule has 86 valence electrons. The summed E-state index contributed by atoms with van der Waals surface area (Å²) in [6, 6.07) is 9.14. The number of carbonyl (C=O) groups excluding carboxylic acids is 1. The fraction of sp³-hybridized carbons (Fsp3) is 0. The number of fused-ring (bicyclic) bond motifs is 1. The van der Waals surface area contributed by atoms with Gasteiger partial charge in [-0.3, -0.25) is 0 Å². The van der Waals surface area contributed by atoms with Gasteiger partial charge in [0.05, 0.1) is 11.4 Å². The number of benzene rings is 2. The molecule has 0 saturated heterocycles. The minimum absolute atomic E-state index is 0.263. The maximum Gasteiger partial charge on any atom is 0.335 e. The minimum Gasteiger partial charge on any atom is -0.420 e. The molecule has 0 aromatic heterocycles. The SMILES string of the molecule is C=CC(=O)Oc1c(N)c(N)cc2ccccc12. The van der Waals surface area contributed by atoms with Crippen molar-refractivity contribution in [3.63, 3.8) is 0 Å². The molecule has 4 N–H and O–H groups in total. The van der Waals surface area contributed by atoms with Crippen LogP contribution in [0.4, 0.5) is 11.4 Å². The molecule has 0 atom stereocenters. The Labute approximate surface area is 98.5 Å². The highest BCUT2D eigenvalue weighted by molar-refractivity contribution is 6.00. The molecule has 0 aliphatic carbocycles. The van der Waals surface area contributed by atoms with E-state index in [-0.39, 0.29) is 11.4 Å². The second kappa shape index (κ2) is 4.17. The number of hydrogen-bond acceptors (Lipinski definition) is 4. The van der Waals surface area contributed by atoms with Gasteiger partial charge in [0.25, 0.3) is 0 Å². The second-order valence-corrected chi connectivity index (χ2v) is 3.55. The van der Waals surface area contributed by atoms with Gasteiger partial charge in [-0.05, 0) is 11.5 Å². The quantitative estimate of drug-likeness (QED) is 0.357. The molecule has 0 heterocycles. The van der Waals surface area contributed by atoms with Gasteiger partial charge < -0.3 is 16.2 Å². The van der Waals surface area contributed by atoms with Crippen LogP contribution in [0.1, 0.15) is 0 Å². The number of hydrogen-bond donors (Lipinski definition) is 2. The third-order valence-corrected chi connectivity index (χ3v) is 2.44. The number of ether oxygens (including phenoxy) is 1. The van der Waals surface area contributed by atoms with Gasteiger partial charge in [-0.1, -0.05) is 30.8 Å². The van der Waals surface area contributed by atoms with Crippen molar-refractivity contribution in [2.45, 2.75) is 0 Å². The van der Waals surface area contributed by atoms with Gasteiger partial charge in [-0.2, -0.15) is 0 Å². The lowest BCUT2D eigenvalue weighted by molar-refractivity contribution is -0.128. The summed E-state index contributed by atoms with van der Waals surface area (Å²) < 4.78 is 5.13. The van der Waals surface area contributed by atoms with Crippen LogP contribution in [0.3, 0.4) is 0 Å². The summed E-state index contributed by atoms with van der Waals surface area (Å²) in [6.45, 7) is 3.34. The zero-order chi connectivity index (χ0) is 12.4. The smallest absolute Gasteiger partial charge is 0.335 e. The van der Waals surface area contributed by atoms with Crippen molar-refractivity contribution in [2.75, 3.05) is 11.5 Å². The molecule has 0 amide bonds.